The Kier molecular flexibility index (Phi) is 5.30. The van der Waals surface area contributed by atoms with E-state index in [1.165, 1.54) is 0 Å². The van der Waals surface area contributed by atoms with Crippen LogP contribution in [0.4, 0.5) is 5.82 Å². The van der Waals surface area contributed by atoms with Gasteiger partial charge in [0, 0.05) is 38.9 Å². The molecule has 1 aromatic heterocycles. The molecular weight excluding hydrogens is 308 g/mol. The second kappa shape index (κ2) is 7.61. The monoisotopic (exact) mass is 332 g/mol. The van der Waals surface area contributed by atoms with Crippen LogP contribution in [0.5, 0.6) is 0 Å². The zero-order chi connectivity index (χ0) is 16.9. The summed E-state index contributed by atoms with van der Waals surface area (Å²) in [5.74, 6) is 0.0156. The molecule has 0 bridgehead atoms. The second-order valence-corrected chi connectivity index (χ2v) is 6.39. The van der Waals surface area contributed by atoms with Gasteiger partial charge in [-0.1, -0.05) is 6.07 Å². The number of carbonyl (C=O) groups excluding carboxylic acids is 1. The van der Waals surface area contributed by atoms with Gasteiger partial charge in [0.15, 0.2) is 0 Å². The first-order valence-electron chi connectivity index (χ1n) is 8.56. The van der Waals surface area contributed by atoms with E-state index in [1.54, 1.807) is 11.1 Å². The normalized spacial score (nSPS) is 22.4. The number of piperazine rings is 1. The Bertz CT molecular complexity index is 572. The van der Waals surface area contributed by atoms with E-state index >= 15 is 0 Å². The lowest BCUT2D eigenvalue weighted by Gasteiger charge is -2.38. The van der Waals surface area contributed by atoms with E-state index < -0.39 is 12.0 Å². The highest BCUT2D eigenvalue weighted by atomic mass is 16.4. The molecule has 2 aliphatic rings. The molecule has 0 spiro atoms. The summed E-state index contributed by atoms with van der Waals surface area (Å²) in [6.45, 7) is 4.09. The second-order valence-electron chi connectivity index (χ2n) is 6.39. The van der Waals surface area contributed by atoms with Gasteiger partial charge in [0.05, 0.1) is 6.54 Å². The summed E-state index contributed by atoms with van der Waals surface area (Å²) in [6.07, 6.45) is 4.12. The van der Waals surface area contributed by atoms with E-state index in [-0.39, 0.29) is 5.91 Å². The molecule has 1 aromatic rings. The van der Waals surface area contributed by atoms with Crippen molar-refractivity contribution in [2.45, 2.75) is 25.3 Å². The number of carboxylic acid groups (broad SMARTS) is 1. The van der Waals surface area contributed by atoms with E-state index in [0.717, 1.165) is 44.8 Å². The maximum absolute atomic E-state index is 12.5. The topological polar surface area (TPSA) is 77.0 Å². The highest BCUT2D eigenvalue weighted by Gasteiger charge is 2.32. The van der Waals surface area contributed by atoms with E-state index in [9.17, 15) is 14.7 Å². The van der Waals surface area contributed by atoms with Crippen LogP contribution in [0.3, 0.4) is 0 Å². The quantitative estimate of drug-likeness (QED) is 0.873. The Balaban J connectivity index is 1.52. The molecule has 0 aromatic carbocycles. The van der Waals surface area contributed by atoms with Crippen molar-refractivity contribution in [3.05, 3.63) is 24.4 Å². The van der Waals surface area contributed by atoms with Crippen LogP contribution in [0, 0.1) is 0 Å². The molecule has 0 saturated carbocycles. The lowest BCUT2D eigenvalue weighted by Crippen LogP contribution is -2.54. The van der Waals surface area contributed by atoms with Crippen LogP contribution >= 0.6 is 0 Å². The molecule has 2 aliphatic heterocycles. The number of anilines is 1. The first kappa shape index (κ1) is 16.7. The maximum atomic E-state index is 12.5. The third-order valence-electron chi connectivity index (χ3n) is 4.81. The number of likely N-dealkylation sites (tertiary alicyclic amines) is 1. The number of aromatic nitrogens is 1. The van der Waals surface area contributed by atoms with Gasteiger partial charge in [-0.15, -0.1) is 0 Å². The van der Waals surface area contributed by atoms with Crippen molar-refractivity contribution in [3.8, 4) is 0 Å². The van der Waals surface area contributed by atoms with Gasteiger partial charge in [0.25, 0.3) is 0 Å². The first-order valence-corrected chi connectivity index (χ1v) is 8.56. The van der Waals surface area contributed by atoms with Crippen molar-refractivity contribution in [1.29, 1.82) is 0 Å². The molecular formula is C17H24N4O3. The first-order chi connectivity index (χ1) is 11.6. The smallest absolute Gasteiger partial charge is 0.326 e. The van der Waals surface area contributed by atoms with E-state index in [1.807, 2.05) is 18.2 Å². The summed E-state index contributed by atoms with van der Waals surface area (Å²) in [6, 6.07) is 5.21. The van der Waals surface area contributed by atoms with Gasteiger partial charge in [0.2, 0.25) is 5.91 Å². The number of nitrogens with zero attached hydrogens (tertiary/aromatic N) is 4. The summed E-state index contributed by atoms with van der Waals surface area (Å²) in [4.78, 5) is 34.1. The molecule has 0 radical (unpaired) electrons. The fraction of sp³-hybridized carbons (Fsp3) is 0.588. The van der Waals surface area contributed by atoms with E-state index in [4.69, 9.17) is 0 Å². The lowest BCUT2D eigenvalue weighted by molar-refractivity contribution is -0.152. The van der Waals surface area contributed by atoms with Gasteiger partial charge in [0.1, 0.15) is 11.9 Å². The van der Waals surface area contributed by atoms with Crippen LogP contribution in [0.1, 0.15) is 19.3 Å². The summed E-state index contributed by atoms with van der Waals surface area (Å²) < 4.78 is 0. The zero-order valence-corrected chi connectivity index (χ0v) is 13.8. The van der Waals surface area contributed by atoms with Gasteiger partial charge in [-0.2, -0.15) is 0 Å². The number of hydrogen-bond donors (Lipinski definition) is 1. The number of carboxylic acids is 1. The van der Waals surface area contributed by atoms with Crippen molar-refractivity contribution in [3.63, 3.8) is 0 Å². The minimum atomic E-state index is -0.886. The molecule has 24 heavy (non-hydrogen) atoms. The van der Waals surface area contributed by atoms with Crippen molar-refractivity contribution in [1.82, 2.24) is 14.8 Å². The van der Waals surface area contributed by atoms with Crippen molar-refractivity contribution < 1.29 is 14.7 Å². The molecule has 2 fully saturated rings. The van der Waals surface area contributed by atoms with Gasteiger partial charge >= 0.3 is 5.97 Å². The molecule has 7 heteroatoms. The number of pyridine rings is 1. The number of amides is 1. The number of rotatable bonds is 4. The minimum Gasteiger partial charge on any atom is -0.480 e. The molecule has 1 N–H and O–H groups in total. The standard InChI is InChI=1S/C17H24N4O3/c22-16(21-8-4-2-5-14(21)17(23)24)13-19-9-11-20(12-10-19)15-6-1-3-7-18-15/h1,3,6-7,14H,2,4-5,8-13H2,(H,23,24). The van der Waals surface area contributed by atoms with Crippen LogP contribution in [0.15, 0.2) is 24.4 Å². The third-order valence-corrected chi connectivity index (χ3v) is 4.81. The predicted octanol–water partition coefficient (Wildman–Crippen LogP) is 0.669. The Labute approximate surface area is 141 Å². The van der Waals surface area contributed by atoms with Gasteiger partial charge < -0.3 is 14.9 Å². The molecule has 2 saturated heterocycles. The highest BCUT2D eigenvalue weighted by molar-refractivity contribution is 5.85. The Morgan fingerprint density at radius 3 is 2.58 bits per heavy atom. The van der Waals surface area contributed by atoms with Crippen LogP contribution in [0.25, 0.3) is 0 Å². The van der Waals surface area contributed by atoms with Crippen LogP contribution in [-0.4, -0.2) is 77.1 Å². The van der Waals surface area contributed by atoms with Gasteiger partial charge in [-0.25, -0.2) is 9.78 Å². The SMILES string of the molecule is O=C(O)C1CCCCN1C(=O)CN1CCN(c2ccccn2)CC1. The van der Waals surface area contributed by atoms with Gasteiger partial charge in [-0.3, -0.25) is 9.69 Å². The van der Waals surface area contributed by atoms with Crippen LogP contribution in [-0.2, 0) is 9.59 Å². The predicted molar refractivity (Wildman–Crippen MR) is 89.9 cm³/mol. The van der Waals surface area contributed by atoms with Crippen molar-refractivity contribution >= 4 is 17.7 Å². The van der Waals surface area contributed by atoms with E-state index in [2.05, 4.69) is 14.8 Å². The molecule has 0 aliphatic carbocycles. The van der Waals surface area contributed by atoms with Gasteiger partial charge in [-0.05, 0) is 31.4 Å². The molecule has 3 rings (SSSR count). The Morgan fingerprint density at radius 1 is 1.12 bits per heavy atom. The number of carbonyl (C=O) groups is 2. The summed E-state index contributed by atoms with van der Waals surface area (Å²) >= 11 is 0. The van der Waals surface area contributed by atoms with Crippen molar-refractivity contribution in [2.24, 2.45) is 0 Å². The minimum absolute atomic E-state index is 0.0617. The number of hydrogen-bond acceptors (Lipinski definition) is 5. The molecule has 1 unspecified atom stereocenters. The molecule has 7 nitrogen and oxygen atoms in total. The number of aliphatic carboxylic acids is 1. The summed E-state index contributed by atoms with van der Waals surface area (Å²) in [5.41, 5.74) is 0. The fourth-order valence-electron chi connectivity index (χ4n) is 3.44. The maximum Gasteiger partial charge on any atom is 0.326 e. The zero-order valence-electron chi connectivity index (χ0n) is 13.8. The molecule has 1 amide bonds. The third kappa shape index (κ3) is 3.84. The van der Waals surface area contributed by atoms with E-state index in [0.29, 0.717) is 19.5 Å². The Hall–Kier alpha value is -2.15. The summed E-state index contributed by atoms with van der Waals surface area (Å²) in [7, 11) is 0. The fourth-order valence-corrected chi connectivity index (χ4v) is 3.44. The Morgan fingerprint density at radius 2 is 1.92 bits per heavy atom. The number of piperidine rings is 1. The van der Waals surface area contributed by atoms with Crippen LogP contribution in [0.2, 0.25) is 0 Å². The van der Waals surface area contributed by atoms with Crippen molar-refractivity contribution in [2.75, 3.05) is 44.2 Å². The largest absolute Gasteiger partial charge is 0.480 e. The van der Waals surface area contributed by atoms with Crippen LogP contribution < -0.4 is 4.90 Å². The average Bonchev–Trinajstić information content (AvgIpc) is 2.63. The molecule has 130 valence electrons. The summed E-state index contributed by atoms with van der Waals surface area (Å²) in [5, 5.41) is 9.30. The highest BCUT2D eigenvalue weighted by Crippen LogP contribution is 2.18. The molecule has 3 heterocycles. The lowest BCUT2D eigenvalue weighted by atomic mass is 10.0. The average molecular weight is 332 g/mol. The molecule has 1 atom stereocenters.